The molecule has 0 spiro atoms. The van der Waals surface area contributed by atoms with E-state index in [2.05, 4.69) is 6.58 Å². The summed E-state index contributed by atoms with van der Waals surface area (Å²) >= 11 is 6.91. The van der Waals surface area contributed by atoms with Gasteiger partial charge in [0.1, 0.15) is 25.4 Å². The third-order valence-electron chi connectivity index (χ3n) is 5.30. The van der Waals surface area contributed by atoms with Crippen molar-refractivity contribution in [2.24, 2.45) is 0 Å². The highest BCUT2D eigenvalue weighted by Gasteiger charge is 2.27. The number of hydrogen-bond acceptors (Lipinski definition) is 12. The molecule has 0 saturated carbocycles. The Morgan fingerprint density at radius 2 is 1.29 bits per heavy atom. The summed E-state index contributed by atoms with van der Waals surface area (Å²) in [6.07, 6.45) is 0.543. The summed E-state index contributed by atoms with van der Waals surface area (Å²) in [6.45, 7) is 4.70. The number of benzene rings is 1. The molecule has 0 amide bonds. The summed E-state index contributed by atoms with van der Waals surface area (Å²) in [5.74, 6) is 4.09. The van der Waals surface area contributed by atoms with Crippen molar-refractivity contribution in [2.45, 2.75) is 25.6 Å². The maximum atomic E-state index is 13.2. The SMILES string of the molecule is C=C(C)C(=O)OCCOC(=O)c1ccc(C(=O)OC2CSCCCSC2)c(C(=O)OC2CSCCSC2)c1. The first-order chi connectivity index (χ1) is 18.3. The zero-order valence-corrected chi connectivity index (χ0v) is 24.5. The molecule has 38 heavy (non-hydrogen) atoms. The van der Waals surface area contributed by atoms with Gasteiger partial charge in [0, 0.05) is 40.1 Å². The molecule has 0 bridgehead atoms. The molecule has 1 aromatic rings. The summed E-state index contributed by atoms with van der Waals surface area (Å²) in [7, 11) is 0. The zero-order chi connectivity index (χ0) is 27.3. The van der Waals surface area contributed by atoms with E-state index in [0.717, 1.165) is 29.4 Å². The minimum Gasteiger partial charge on any atom is -0.459 e. The Hall–Kier alpha value is -1.76. The molecule has 0 N–H and O–H groups in total. The van der Waals surface area contributed by atoms with E-state index in [1.807, 2.05) is 0 Å². The minimum absolute atomic E-state index is 0.0384. The van der Waals surface area contributed by atoms with Gasteiger partial charge in [0.25, 0.3) is 0 Å². The van der Waals surface area contributed by atoms with Crippen LogP contribution >= 0.6 is 47.0 Å². The summed E-state index contributed by atoms with van der Waals surface area (Å²) in [6, 6.07) is 4.12. The van der Waals surface area contributed by atoms with Crippen LogP contribution in [0.4, 0.5) is 0 Å². The second kappa shape index (κ2) is 16.4. The largest absolute Gasteiger partial charge is 0.459 e. The molecule has 2 heterocycles. The standard InChI is InChI=1S/C26H32O8S4/c1-17(2)23(27)31-6-7-32-24(28)18-4-5-21(25(29)33-19-13-35-8-3-9-36-14-19)22(12-18)26(30)34-20-15-37-10-11-38-16-20/h4-5,12,19-20H,1,3,6-11,13-16H2,2H3. The van der Waals surface area contributed by atoms with Crippen molar-refractivity contribution in [3.63, 3.8) is 0 Å². The smallest absolute Gasteiger partial charge is 0.339 e. The highest BCUT2D eigenvalue weighted by Crippen LogP contribution is 2.24. The van der Waals surface area contributed by atoms with Gasteiger partial charge in [0.2, 0.25) is 0 Å². The number of esters is 4. The average Bonchev–Trinajstić information content (AvgIpc) is 3.16. The molecule has 0 aromatic heterocycles. The van der Waals surface area contributed by atoms with E-state index in [9.17, 15) is 19.2 Å². The van der Waals surface area contributed by atoms with Gasteiger partial charge < -0.3 is 18.9 Å². The predicted molar refractivity (Wildman–Crippen MR) is 155 cm³/mol. The van der Waals surface area contributed by atoms with Crippen LogP contribution in [0.3, 0.4) is 0 Å². The lowest BCUT2D eigenvalue weighted by Crippen LogP contribution is -2.27. The normalized spacial score (nSPS) is 17.3. The van der Waals surface area contributed by atoms with Crippen LogP contribution in [0.15, 0.2) is 30.4 Å². The Balaban J connectivity index is 1.74. The van der Waals surface area contributed by atoms with Crippen molar-refractivity contribution in [2.75, 3.05) is 59.2 Å². The molecule has 208 valence electrons. The molecule has 0 aliphatic carbocycles. The van der Waals surface area contributed by atoms with Gasteiger partial charge in [-0.05, 0) is 43.0 Å². The second-order valence-corrected chi connectivity index (χ2v) is 13.1. The maximum Gasteiger partial charge on any atom is 0.339 e. The van der Waals surface area contributed by atoms with Crippen LogP contribution in [0, 0.1) is 0 Å². The Morgan fingerprint density at radius 3 is 1.87 bits per heavy atom. The molecular weight excluding hydrogens is 569 g/mol. The molecule has 3 rings (SSSR count). The van der Waals surface area contributed by atoms with E-state index in [1.54, 1.807) is 47.0 Å². The summed E-state index contributed by atoms with van der Waals surface area (Å²) < 4.78 is 21.6. The monoisotopic (exact) mass is 600 g/mol. The molecule has 1 aromatic carbocycles. The van der Waals surface area contributed by atoms with Crippen molar-refractivity contribution in [3.05, 3.63) is 47.0 Å². The van der Waals surface area contributed by atoms with Crippen LogP contribution in [0.25, 0.3) is 0 Å². The van der Waals surface area contributed by atoms with E-state index < -0.39 is 23.9 Å². The fraction of sp³-hybridized carbons (Fsp3) is 0.538. The fourth-order valence-corrected chi connectivity index (χ4v) is 7.98. The summed E-state index contributed by atoms with van der Waals surface area (Å²) in [5, 5.41) is 0. The summed E-state index contributed by atoms with van der Waals surface area (Å²) in [5.41, 5.74) is 0.321. The van der Waals surface area contributed by atoms with Gasteiger partial charge in [-0.2, -0.15) is 47.0 Å². The van der Waals surface area contributed by atoms with Gasteiger partial charge in [-0.15, -0.1) is 0 Å². The Morgan fingerprint density at radius 1 is 0.763 bits per heavy atom. The van der Waals surface area contributed by atoms with Crippen LogP contribution in [0.2, 0.25) is 0 Å². The molecule has 0 atom stereocenters. The first-order valence-corrected chi connectivity index (χ1v) is 16.8. The fourth-order valence-electron chi connectivity index (χ4n) is 3.40. The van der Waals surface area contributed by atoms with Crippen LogP contribution in [0.1, 0.15) is 44.4 Å². The van der Waals surface area contributed by atoms with E-state index in [0.29, 0.717) is 23.0 Å². The van der Waals surface area contributed by atoms with E-state index in [-0.39, 0.29) is 47.7 Å². The molecule has 2 saturated heterocycles. The van der Waals surface area contributed by atoms with Gasteiger partial charge in [-0.3, -0.25) is 0 Å². The number of carbonyl (C=O) groups is 4. The Bertz CT molecular complexity index is 999. The van der Waals surface area contributed by atoms with Crippen molar-refractivity contribution in [1.82, 2.24) is 0 Å². The van der Waals surface area contributed by atoms with E-state index in [4.69, 9.17) is 18.9 Å². The minimum atomic E-state index is -0.723. The number of rotatable bonds is 9. The summed E-state index contributed by atoms with van der Waals surface area (Å²) in [4.78, 5) is 50.5. The lowest BCUT2D eigenvalue weighted by Gasteiger charge is -2.21. The first-order valence-electron chi connectivity index (χ1n) is 12.2. The third-order valence-corrected chi connectivity index (χ3v) is 10.1. The van der Waals surface area contributed by atoms with Crippen molar-refractivity contribution < 1.29 is 38.1 Å². The quantitative estimate of drug-likeness (QED) is 0.174. The average molecular weight is 601 g/mol. The van der Waals surface area contributed by atoms with Gasteiger partial charge in [-0.25, -0.2) is 19.2 Å². The number of thioether (sulfide) groups is 4. The topological polar surface area (TPSA) is 105 Å². The lowest BCUT2D eigenvalue weighted by molar-refractivity contribution is -0.140. The number of ether oxygens (including phenoxy) is 4. The van der Waals surface area contributed by atoms with Crippen LogP contribution in [0.5, 0.6) is 0 Å². The molecule has 2 fully saturated rings. The molecule has 0 unspecified atom stereocenters. The van der Waals surface area contributed by atoms with E-state index in [1.165, 1.54) is 25.1 Å². The Kier molecular flexibility index (Phi) is 13.3. The van der Waals surface area contributed by atoms with E-state index >= 15 is 0 Å². The van der Waals surface area contributed by atoms with Gasteiger partial charge in [-0.1, -0.05) is 6.58 Å². The first kappa shape index (κ1) is 30.8. The highest BCUT2D eigenvalue weighted by atomic mass is 32.2. The van der Waals surface area contributed by atoms with Gasteiger partial charge >= 0.3 is 23.9 Å². The second-order valence-electron chi connectivity index (χ2n) is 8.52. The maximum absolute atomic E-state index is 13.2. The molecule has 2 aliphatic rings. The number of hydrogen-bond donors (Lipinski definition) is 0. The van der Waals surface area contributed by atoms with Crippen LogP contribution in [-0.2, 0) is 23.7 Å². The number of carbonyl (C=O) groups excluding carboxylic acids is 4. The lowest BCUT2D eigenvalue weighted by atomic mass is 10.0. The zero-order valence-electron chi connectivity index (χ0n) is 21.3. The van der Waals surface area contributed by atoms with Crippen molar-refractivity contribution in [1.29, 1.82) is 0 Å². The van der Waals surface area contributed by atoms with Gasteiger partial charge in [0.15, 0.2) is 0 Å². The highest BCUT2D eigenvalue weighted by molar-refractivity contribution is 8.03. The Labute approximate surface area is 240 Å². The van der Waals surface area contributed by atoms with Crippen LogP contribution in [-0.4, -0.2) is 95.3 Å². The molecule has 0 radical (unpaired) electrons. The third kappa shape index (κ3) is 10.1. The molecule has 8 nitrogen and oxygen atoms in total. The predicted octanol–water partition coefficient (Wildman–Crippen LogP) is 4.36. The molecule has 12 heteroatoms. The molecular formula is C26H32O8S4. The van der Waals surface area contributed by atoms with Crippen molar-refractivity contribution in [3.8, 4) is 0 Å². The van der Waals surface area contributed by atoms with Crippen molar-refractivity contribution >= 4 is 70.9 Å². The molecule has 2 aliphatic heterocycles. The van der Waals surface area contributed by atoms with Crippen LogP contribution < -0.4 is 0 Å². The van der Waals surface area contributed by atoms with Gasteiger partial charge in [0.05, 0.1) is 16.7 Å².